The van der Waals surface area contributed by atoms with Crippen molar-refractivity contribution in [2.45, 2.75) is 51.0 Å². The Bertz CT molecular complexity index is 256. The van der Waals surface area contributed by atoms with Crippen molar-refractivity contribution in [3.05, 3.63) is 15.3 Å². The Morgan fingerprint density at radius 1 is 1.47 bits per heavy atom. The van der Waals surface area contributed by atoms with E-state index in [0.717, 1.165) is 38.5 Å². The van der Waals surface area contributed by atoms with E-state index < -0.39 is 0 Å². The highest BCUT2D eigenvalue weighted by Gasteiger charge is 2.44. The first-order valence-electron chi connectivity index (χ1n) is 5.58. The number of rotatable bonds is 8. The summed E-state index contributed by atoms with van der Waals surface area (Å²) in [6.45, 7) is 2.76. The molecule has 5 nitrogen and oxygen atoms in total. The molecule has 0 aromatic rings. The van der Waals surface area contributed by atoms with E-state index in [1.165, 1.54) is 0 Å². The van der Waals surface area contributed by atoms with Crippen molar-refractivity contribution >= 4 is 0 Å². The normalized spacial score (nSPS) is 19.0. The van der Waals surface area contributed by atoms with Crippen LogP contribution in [0.3, 0.4) is 0 Å². The Hall–Kier alpha value is -1.09. The van der Waals surface area contributed by atoms with Gasteiger partial charge in [-0.25, -0.2) is 0 Å². The van der Waals surface area contributed by atoms with Crippen LogP contribution >= 0.6 is 0 Å². The van der Waals surface area contributed by atoms with Crippen molar-refractivity contribution in [2.24, 2.45) is 16.2 Å². The monoisotopic (exact) mass is 210 g/mol. The number of hydrogen-bond acceptors (Lipinski definition) is 3. The zero-order chi connectivity index (χ0) is 11.1. The molecule has 1 aliphatic rings. The average Bonchev–Trinajstić information content (AvgIpc) is 3.02. The topological polar surface area (TPSA) is 78.2 Å². The smallest absolute Gasteiger partial charge is 0.103 e. The van der Waals surface area contributed by atoms with Crippen LogP contribution in [0.15, 0.2) is 10.3 Å². The molecule has 1 unspecified atom stereocenters. The highest BCUT2D eigenvalue weighted by Crippen LogP contribution is 2.44. The quantitative estimate of drug-likeness (QED) is 0.197. The molecule has 84 valence electrons. The summed E-state index contributed by atoms with van der Waals surface area (Å²) in [6, 6.07) is 0. The van der Waals surface area contributed by atoms with E-state index in [-0.39, 0.29) is 5.54 Å². The zero-order valence-corrected chi connectivity index (χ0v) is 9.22. The van der Waals surface area contributed by atoms with Crippen molar-refractivity contribution < 1.29 is 0 Å². The number of nitrogens with zero attached hydrogens (tertiary/aromatic N) is 4. The minimum atomic E-state index is -0.195. The van der Waals surface area contributed by atoms with Crippen molar-refractivity contribution in [3.63, 3.8) is 0 Å². The second-order valence-corrected chi connectivity index (χ2v) is 4.56. The number of azide groups is 1. The maximum Gasteiger partial charge on any atom is 0.103 e. The summed E-state index contributed by atoms with van der Waals surface area (Å²) in [5, 5.41) is 6.69. The highest BCUT2D eigenvalue weighted by atomic mass is 16.3. The molecular weight excluding hydrogens is 192 g/mol. The molecule has 1 fully saturated rings. The third-order valence-electron chi connectivity index (χ3n) is 3.14. The lowest BCUT2D eigenvalue weighted by molar-refractivity contribution is 0.428. The fraction of sp³-hybridized carbons (Fsp3) is 1.00. The third-order valence-corrected chi connectivity index (χ3v) is 3.14. The van der Waals surface area contributed by atoms with Gasteiger partial charge in [-0.2, -0.15) is 4.91 Å². The molecule has 0 aliphatic heterocycles. The van der Waals surface area contributed by atoms with Gasteiger partial charge in [-0.3, -0.25) is 0 Å². The van der Waals surface area contributed by atoms with Gasteiger partial charge >= 0.3 is 0 Å². The maximum atomic E-state index is 10.5. The van der Waals surface area contributed by atoms with E-state index in [4.69, 9.17) is 5.53 Å². The lowest BCUT2D eigenvalue weighted by Gasteiger charge is -2.12. The third kappa shape index (κ3) is 4.30. The minimum Gasteiger partial charge on any atom is -0.150 e. The summed E-state index contributed by atoms with van der Waals surface area (Å²) in [7, 11) is 0. The second-order valence-electron chi connectivity index (χ2n) is 4.56. The molecule has 0 spiro atoms. The molecule has 0 N–H and O–H groups in total. The molecule has 0 aromatic carbocycles. The molecule has 0 radical (unpaired) electrons. The zero-order valence-electron chi connectivity index (χ0n) is 9.22. The minimum absolute atomic E-state index is 0.195. The summed E-state index contributed by atoms with van der Waals surface area (Å²) >= 11 is 0. The van der Waals surface area contributed by atoms with E-state index in [9.17, 15) is 4.91 Å². The molecule has 1 aliphatic carbocycles. The summed E-state index contributed by atoms with van der Waals surface area (Å²) in [5.74, 6) is 0.595. The van der Waals surface area contributed by atoms with E-state index in [1.54, 1.807) is 0 Å². The van der Waals surface area contributed by atoms with Crippen molar-refractivity contribution in [2.75, 3.05) is 6.54 Å². The Morgan fingerprint density at radius 2 is 2.20 bits per heavy atom. The predicted molar refractivity (Wildman–Crippen MR) is 59.4 cm³/mol. The van der Waals surface area contributed by atoms with Gasteiger partial charge in [0, 0.05) is 11.5 Å². The van der Waals surface area contributed by atoms with Crippen LogP contribution in [-0.4, -0.2) is 12.1 Å². The van der Waals surface area contributed by atoms with E-state index >= 15 is 0 Å². The molecule has 5 heteroatoms. The Kier molecular flexibility index (Phi) is 4.56. The van der Waals surface area contributed by atoms with Gasteiger partial charge in [0.1, 0.15) is 5.54 Å². The first-order chi connectivity index (χ1) is 7.22. The fourth-order valence-corrected chi connectivity index (χ4v) is 1.75. The van der Waals surface area contributed by atoms with Gasteiger partial charge in [-0.15, -0.1) is 0 Å². The van der Waals surface area contributed by atoms with Crippen LogP contribution in [0.1, 0.15) is 45.4 Å². The largest absolute Gasteiger partial charge is 0.150 e. The molecule has 0 heterocycles. The van der Waals surface area contributed by atoms with Gasteiger partial charge in [0.15, 0.2) is 0 Å². The van der Waals surface area contributed by atoms with E-state index in [0.29, 0.717) is 12.5 Å². The molecule has 0 bridgehead atoms. The van der Waals surface area contributed by atoms with Crippen LogP contribution in [-0.2, 0) is 0 Å². The van der Waals surface area contributed by atoms with E-state index in [2.05, 4.69) is 22.1 Å². The van der Waals surface area contributed by atoms with Gasteiger partial charge in [-0.1, -0.05) is 23.6 Å². The van der Waals surface area contributed by atoms with Crippen LogP contribution in [0.25, 0.3) is 10.4 Å². The summed E-state index contributed by atoms with van der Waals surface area (Å²) in [5.41, 5.74) is 7.90. The molecule has 1 saturated carbocycles. The van der Waals surface area contributed by atoms with Crippen molar-refractivity contribution in [1.29, 1.82) is 0 Å². The first-order valence-corrected chi connectivity index (χ1v) is 5.58. The summed E-state index contributed by atoms with van der Waals surface area (Å²) in [6.07, 6.45) is 5.94. The summed E-state index contributed by atoms with van der Waals surface area (Å²) in [4.78, 5) is 13.2. The average molecular weight is 210 g/mol. The van der Waals surface area contributed by atoms with Gasteiger partial charge in [0.25, 0.3) is 0 Å². The molecule has 1 rings (SSSR count). The predicted octanol–water partition coefficient (Wildman–Crippen LogP) is 3.79. The van der Waals surface area contributed by atoms with Crippen LogP contribution in [0.2, 0.25) is 0 Å². The standard InChI is InChI=1S/C10H18N4O/c1-9(3-2-8-12-14-11)4-5-10(13-15)6-7-10/h9H,2-8H2,1H3. The van der Waals surface area contributed by atoms with Crippen LogP contribution in [0, 0.1) is 10.8 Å². The molecule has 15 heavy (non-hydrogen) atoms. The Labute approximate surface area is 89.8 Å². The molecule has 1 atom stereocenters. The van der Waals surface area contributed by atoms with Crippen molar-refractivity contribution in [1.82, 2.24) is 0 Å². The van der Waals surface area contributed by atoms with Crippen LogP contribution in [0.5, 0.6) is 0 Å². The second kappa shape index (κ2) is 5.71. The SMILES string of the molecule is CC(CCCN=[N+]=[N-])CCC1(N=O)CC1. The van der Waals surface area contributed by atoms with Gasteiger partial charge < -0.3 is 0 Å². The Morgan fingerprint density at radius 3 is 2.73 bits per heavy atom. The lowest BCUT2D eigenvalue weighted by atomic mass is 9.96. The van der Waals surface area contributed by atoms with Gasteiger partial charge in [0.2, 0.25) is 0 Å². The maximum absolute atomic E-state index is 10.5. The molecule has 0 aromatic heterocycles. The lowest BCUT2D eigenvalue weighted by Crippen LogP contribution is -2.06. The molecule has 0 saturated heterocycles. The van der Waals surface area contributed by atoms with Gasteiger partial charge in [0.05, 0.1) is 0 Å². The van der Waals surface area contributed by atoms with Crippen molar-refractivity contribution in [3.8, 4) is 0 Å². The number of hydrogen-bond donors (Lipinski definition) is 0. The Balaban J connectivity index is 2.05. The first kappa shape index (κ1) is 12.0. The highest BCUT2D eigenvalue weighted by molar-refractivity contribution is 5.01. The molecule has 0 amide bonds. The fourth-order valence-electron chi connectivity index (χ4n) is 1.75. The van der Waals surface area contributed by atoms with Crippen LogP contribution in [0.4, 0.5) is 0 Å². The summed E-state index contributed by atoms with van der Waals surface area (Å²) < 4.78 is 0. The van der Waals surface area contributed by atoms with Gasteiger partial charge in [-0.05, 0) is 43.6 Å². The number of nitroso groups, excluding NO2 is 1. The van der Waals surface area contributed by atoms with Crippen LogP contribution < -0.4 is 0 Å². The molecular formula is C10H18N4O. The van der Waals surface area contributed by atoms with E-state index in [1.807, 2.05) is 0 Å².